The van der Waals surface area contributed by atoms with E-state index in [0.29, 0.717) is 0 Å². The quantitative estimate of drug-likeness (QED) is 0.630. The van der Waals surface area contributed by atoms with E-state index in [1.807, 2.05) is 13.8 Å². The van der Waals surface area contributed by atoms with Gasteiger partial charge in [0.25, 0.3) is 0 Å². The maximum absolute atomic E-state index is 9.84. The van der Waals surface area contributed by atoms with Crippen molar-refractivity contribution in [3.8, 4) is 0 Å². The average Bonchev–Trinajstić information content (AvgIpc) is 1.85. The zero-order valence-electron chi connectivity index (χ0n) is 9.28. The molecule has 0 fully saturated rings. The topological polar surface area (TPSA) is 20.2 Å². The minimum atomic E-state index is -0.555. The van der Waals surface area contributed by atoms with Crippen LogP contribution in [0.4, 0.5) is 0 Å². The molecule has 1 nitrogen and oxygen atoms in total. The van der Waals surface area contributed by atoms with Gasteiger partial charge in [-0.3, -0.25) is 0 Å². The second-order valence-corrected chi connectivity index (χ2v) is 4.90. The Hall–Kier alpha value is -0.0400. The van der Waals surface area contributed by atoms with Crippen LogP contribution in [0.5, 0.6) is 0 Å². The minimum absolute atomic E-state index is 0.0438. The maximum Gasteiger partial charge on any atom is 0.0642 e. The molecule has 0 heterocycles. The van der Waals surface area contributed by atoms with Gasteiger partial charge in [-0.1, -0.05) is 40.0 Å². The molecule has 0 aliphatic rings. The molecule has 0 aromatic carbocycles. The highest BCUT2D eigenvalue weighted by Gasteiger charge is 2.33. The van der Waals surface area contributed by atoms with Crippen LogP contribution in [0.3, 0.4) is 0 Å². The van der Waals surface area contributed by atoms with Gasteiger partial charge >= 0.3 is 0 Å². The van der Waals surface area contributed by atoms with E-state index in [4.69, 9.17) is 0 Å². The molecule has 0 atom stereocenters. The third-order valence-corrected chi connectivity index (χ3v) is 3.06. The molecule has 0 radical (unpaired) electrons. The van der Waals surface area contributed by atoms with Crippen LogP contribution in [-0.4, -0.2) is 10.7 Å². The molecule has 12 heavy (non-hydrogen) atoms. The molecule has 0 aromatic rings. The fourth-order valence-electron chi connectivity index (χ4n) is 1.12. The number of aliphatic hydroxyl groups is 1. The lowest BCUT2D eigenvalue weighted by molar-refractivity contribution is -0.0404. The van der Waals surface area contributed by atoms with Crippen LogP contribution in [0.25, 0.3) is 0 Å². The third-order valence-electron chi connectivity index (χ3n) is 3.06. The summed E-state index contributed by atoms with van der Waals surface area (Å²) >= 11 is 0. The van der Waals surface area contributed by atoms with Crippen molar-refractivity contribution < 1.29 is 5.11 Å². The van der Waals surface area contributed by atoms with Crippen molar-refractivity contribution in [1.82, 2.24) is 0 Å². The van der Waals surface area contributed by atoms with E-state index in [2.05, 4.69) is 20.8 Å². The Morgan fingerprint density at radius 3 is 1.83 bits per heavy atom. The van der Waals surface area contributed by atoms with Gasteiger partial charge in [0, 0.05) is 0 Å². The lowest BCUT2D eigenvalue weighted by atomic mass is 9.74. The Morgan fingerprint density at radius 1 is 1.00 bits per heavy atom. The molecule has 0 saturated heterocycles. The highest BCUT2D eigenvalue weighted by molar-refractivity contribution is 4.85. The van der Waals surface area contributed by atoms with Gasteiger partial charge in [0.15, 0.2) is 0 Å². The molecule has 0 amide bonds. The van der Waals surface area contributed by atoms with E-state index < -0.39 is 5.60 Å². The van der Waals surface area contributed by atoms with Crippen LogP contribution in [0.1, 0.15) is 60.3 Å². The first-order chi connectivity index (χ1) is 5.31. The van der Waals surface area contributed by atoms with Crippen molar-refractivity contribution in [2.24, 2.45) is 5.41 Å². The van der Waals surface area contributed by atoms with Gasteiger partial charge in [0.2, 0.25) is 0 Å². The predicted molar refractivity (Wildman–Crippen MR) is 54.2 cm³/mol. The van der Waals surface area contributed by atoms with E-state index in [0.717, 1.165) is 6.42 Å². The van der Waals surface area contributed by atoms with Gasteiger partial charge in [-0.05, 0) is 25.7 Å². The van der Waals surface area contributed by atoms with Crippen molar-refractivity contribution in [2.75, 3.05) is 0 Å². The lowest BCUT2D eigenvalue weighted by Crippen LogP contribution is -2.38. The van der Waals surface area contributed by atoms with Crippen LogP contribution in [0, 0.1) is 5.41 Å². The van der Waals surface area contributed by atoms with Crippen molar-refractivity contribution in [3.05, 3.63) is 0 Å². The molecular weight excluding hydrogens is 148 g/mol. The molecule has 1 heteroatoms. The number of hydrogen-bond donors (Lipinski definition) is 1. The van der Waals surface area contributed by atoms with Crippen molar-refractivity contribution in [2.45, 2.75) is 65.9 Å². The Labute approximate surface area is 77.2 Å². The zero-order valence-corrected chi connectivity index (χ0v) is 9.28. The Balaban J connectivity index is 3.88. The molecule has 0 aliphatic heterocycles. The number of hydrogen-bond acceptors (Lipinski definition) is 1. The Morgan fingerprint density at radius 2 is 1.50 bits per heavy atom. The van der Waals surface area contributed by atoms with E-state index >= 15 is 0 Å². The summed E-state index contributed by atoms with van der Waals surface area (Å²) in [6.07, 6.45) is 4.87. The average molecular weight is 172 g/mol. The summed E-state index contributed by atoms with van der Waals surface area (Å²) in [5.41, 5.74) is -0.511. The Bertz CT molecular complexity index is 119. The molecule has 1 N–H and O–H groups in total. The van der Waals surface area contributed by atoms with Crippen LogP contribution in [0.2, 0.25) is 0 Å². The van der Waals surface area contributed by atoms with E-state index in [9.17, 15) is 5.11 Å². The number of rotatable bonds is 5. The standard InChI is InChI=1S/C11H24O/c1-6-7-8-9-10(2,3)11(4,5)12/h12H,6-9H2,1-5H3. The second-order valence-electron chi connectivity index (χ2n) is 4.90. The van der Waals surface area contributed by atoms with Crippen molar-refractivity contribution >= 4 is 0 Å². The molecule has 0 aromatic heterocycles. The van der Waals surface area contributed by atoms with Crippen molar-refractivity contribution in [3.63, 3.8) is 0 Å². The van der Waals surface area contributed by atoms with Crippen LogP contribution in [0.15, 0.2) is 0 Å². The smallest absolute Gasteiger partial charge is 0.0642 e. The van der Waals surface area contributed by atoms with Gasteiger partial charge in [-0.25, -0.2) is 0 Å². The molecular formula is C11H24O. The fraction of sp³-hybridized carbons (Fsp3) is 1.00. The summed E-state index contributed by atoms with van der Waals surface area (Å²) in [5.74, 6) is 0. The molecule has 0 rings (SSSR count). The van der Waals surface area contributed by atoms with Crippen LogP contribution >= 0.6 is 0 Å². The maximum atomic E-state index is 9.84. The highest BCUT2D eigenvalue weighted by Crippen LogP contribution is 2.35. The number of unbranched alkanes of at least 4 members (excludes halogenated alkanes) is 2. The van der Waals surface area contributed by atoms with E-state index in [1.54, 1.807) is 0 Å². The molecule has 0 aliphatic carbocycles. The predicted octanol–water partition coefficient (Wildman–Crippen LogP) is 3.36. The molecule has 0 unspecified atom stereocenters. The van der Waals surface area contributed by atoms with Crippen LogP contribution < -0.4 is 0 Å². The highest BCUT2D eigenvalue weighted by atomic mass is 16.3. The molecule has 0 bridgehead atoms. The summed E-state index contributed by atoms with van der Waals surface area (Å²) in [4.78, 5) is 0. The summed E-state index contributed by atoms with van der Waals surface area (Å²) < 4.78 is 0. The van der Waals surface area contributed by atoms with Crippen LogP contribution in [-0.2, 0) is 0 Å². The summed E-state index contributed by atoms with van der Waals surface area (Å²) in [7, 11) is 0. The zero-order chi connectivity index (χ0) is 9.83. The van der Waals surface area contributed by atoms with Gasteiger partial charge in [-0.15, -0.1) is 0 Å². The van der Waals surface area contributed by atoms with E-state index in [-0.39, 0.29) is 5.41 Å². The first-order valence-corrected chi connectivity index (χ1v) is 5.03. The summed E-state index contributed by atoms with van der Waals surface area (Å²) in [5, 5.41) is 9.84. The third kappa shape index (κ3) is 3.57. The normalized spacial score (nSPS) is 13.5. The summed E-state index contributed by atoms with van der Waals surface area (Å²) in [6.45, 7) is 10.3. The summed E-state index contributed by atoms with van der Waals surface area (Å²) in [6, 6.07) is 0. The SMILES string of the molecule is CCCCCC(C)(C)C(C)(C)O. The van der Waals surface area contributed by atoms with Gasteiger partial charge in [0.05, 0.1) is 5.60 Å². The van der Waals surface area contributed by atoms with Gasteiger partial charge in [-0.2, -0.15) is 0 Å². The van der Waals surface area contributed by atoms with Gasteiger partial charge in [0.1, 0.15) is 0 Å². The molecule has 0 saturated carbocycles. The van der Waals surface area contributed by atoms with E-state index in [1.165, 1.54) is 19.3 Å². The monoisotopic (exact) mass is 172 g/mol. The molecule has 0 spiro atoms. The lowest BCUT2D eigenvalue weighted by Gasteiger charge is -2.37. The van der Waals surface area contributed by atoms with Crippen molar-refractivity contribution in [1.29, 1.82) is 0 Å². The first kappa shape index (κ1) is 12.0. The second kappa shape index (κ2) is 4.27. The van der Waals surface area contributed by atoms with Gasteiger partial charge < -0.3 is 5.11 Å². The largest absolute Gasteiger partial charge is 0.390 e. The first-order valence-electron chi connectivity index (χ1n) is 5.03. The fourth-order valence-corrected chi connectivity index (χ4v) is 1.12. The Kier molecular flexibility index (Phi) is 4.25. The minimum Gasteiger partial charge on any atom is -0.390 e. The molecule has 74 valence electrons.